The second-order valence-corrected chi connectivity index (χ2v) is 10.9. The molecule has 2 aromatic rings. The van der Waals surface area contributed by atoms with Gasteiger partial charge < -0.3 is 15.1 Å². The number of aromatic nitrogens is 1. The molecule has 37 heavy (non-hydrogen) atoms. The third-order valence-corrected chi connectivity index (χ3v) is 8.32. The van der Waals surface area contributed by atoms with Crippen LogP contribution in [0.25, 0.3) is 0 Å². The molecule has 7 nitrogen and oxygen atoms in total. The fourth-order valence-corrected chi connectivity index (χ4v) is 6.28. The van der Waals surface area contributed by atoms with Gasteiger partial charge in [0.1, 0.15) is 5.69 Å². The van der Waals surface area contributed by atoms with Gasteiger partial charge in [-0.15, -0.1) is 0 Å². The third-order valence-electron chi connectivity index (χ3n) is 8.32. The Labute approximate surface area is 221 Å². The van der Waals surface area contributed by atoms with E-state index in [4.69, 9.17) is 0 Å². The topological polar surface area (TPSA) is 68.8 Å². The predicted octanol–water partition coefficient (Wildman–Crippen LogP) is 5.00. The minimum absolute atomic E-state index is 0.111. The molecule has 3 amide bonds. The standard InChI is InChI=1S/C30H41N5O2/c1-2-17-31-29(36)27-14-13-23(20-32-27)21-33-18-15-26(16-19-33)35-28(24-9-5-3-6-10-24)22-34(30(35)37)25-11-7-4-8-12-25/h3,5-6,9-10,13-14,20,25-26,28H,2,4,7-8,11-12,15-19,21-22H2,1H3,(H,31,36)/t28-/m0/s1. The van der Waals surface area contributed by atoms with Crippen LogP contribution in [0.4, 0.5) is 4.79 Å². The van der Waals surface area contributed by atoms with Crippen molar-refractivity contribution in [3.05, 3.63) is 65.5 Å². The highest BCUT2D eigenvalue weighted by atomic mass is 16.2. The van der Waals surface area contributed by atoms with Crippen molar-refractivity contribution in [3.63, 3.8) is 0 Å². The Morgan fingerprint density at radius 1 is 0.973 bits per heavy atom. The van der Waals surface area contributed by atoms with Gasteiger partial charge in [-0.2, -0.15) is 0 Å². The number of rotatable bonds is 8. The predicted molar refractivity (Wildman–Crippen MR) is 145 cm³/mol. The van der Waals surface area contributed by atoms with Crippen LogP contribution >= 0.6 is 0 Å². The second kappa shape index (κ2) is 12.1. The summed E-state index contributed by atoms with van der Waals surface area (Å²) in [6, 6.07) is 15.5. The van der Waals surface area contributed by atoms with Crippen molar-refractivity contribution < 1.29 is 9.59 Å². The average Bonchev–Trinajstić information content (AvgIpc) is 3.30. The van der Waals surface area contributed by atoms with Crippen molar-refractivity contribution in [3.8, 4) is 0 Å². The summed E-state index contributed by atoms with van der Waals surface area (Å²) in [6.07, 6.45) is 10.8. The molecule has 1 aromatic carbocycles. The zero-order chi connectivity index (χ0) is 25.6. The first-order chi connectivity index (χ1) is 18.1. The molecule has 2 aliphatic heterocycles. The lowest BCUT2D eigenvalue weighted by atomic mass is 9.94. The van der Waals surface area contributed by atoms with Gasteiger partial charge in [-0.1, -0.05) is 62.6 Å². The normalized spacial score (nSPS) is 22.0. The van der Waals surface area contributed by atoms with E-state index in [-0.39, 0.29) is 24.0 Å². The number of urea groups is 1. The number of nitrogens with one attached hydrogen (secondary N) is 1. The number of likely N-dealkylation sites (tertiary alicyclic amines) is 1. The van der Waals surface area contributed by atoms with Crippen LogP contribution in [0.3, 0.4) is 0 Å². The molecule has 1 N–H and O–H groups in total. The van der Waals surface area contributed by atoms with Gasteiger partial charge in [-0.05, 0) is 49.3 Å². The van der Waals surface area contributed by atoms with Crippen molar-refractivity contribution >= 4 is 11.9 Å². The molecule has 0 spiro atoms. The maximum atomic E-state index is 13.8. The summed E-state index contributed by atoms with van der Waals surface area (Å²) in [6.45, 7) is 6.25. The van der Waals surface area contributed by atoms with Crippen molar-refractivity contribution in [2.75, 3.05) is 26.2 Å². The van der Waals surface area contributed by atoms with Crippen LogP contribution < -0.4 is 5.32 Å². The maximum Gasteiger partial charge on any atom is 0.321 e. The van der Waals surface area contributed by atoms with Crippen LogP contribution in [0, 0.1) is 0 Å². The largest absolute Gasteiger partial charge is 0.351 e. The summed E-state index contributed by atoms with van der Waals surface area (Å²) in [5, 5.41) is 2.88. The maximum absolute atomic E-state index is 13.8. The molecule has 3 aliphatic rings. The van der Waals surface area contributed by atoms with Gasteiger partial charge in [0.25, 0.3) is 5.91 Å². The van der Waals surface area contributed by atoms with Crippen LogP contribution in [0.15, 0.2) is 48.7 Å². The Morgan fingerprint density at radius 3 is 2.41 bits per heavy atom. The van der Waals surface area contributed by atoms with Crippen molar-refractivity contribution in [1.29, 1.82) is 0 Å². The van der Waals surface area contributed by atoms with Crippen LogP contribution in [0.5, 0.6) is 0 Å². The number of hydrogen-bond donors (Lipinski definition) is 1. The summed E-state index contributed by atoms with van der Waals surface area (Å²) >= 11 is 0. The SMILES string of the molecule is CCCNC(=O)c1ccc(CN2CCC(N3C(=O)N(C4CCCCC4)C[C@H]3c3ccccc3)CC2)cn1. The first kappa shape index (κ1) is 25.7. The number of amides is 3. The number of hydrogen-bond acceptors (Lipinski definition) is 4. The lowest BCUT2D eigenvalue weighted by molar-refractivity contribution is 0.0947. The van der Waals surface area contributed by atoms with E-state index in [9.17, 15) is 9.59 Å². The Bertz CT molecular complexity index is 1030. The second-order valence-electron chi connectivity index (χ2n) is 10.9. The molecule has 3 fully saturated rings. The third kappa shape index (κ3) is 5.98. The fraction of sp³-hybridized carbons (Fsp3) is 0.567. The van der Waals surface area contributed by atoms with Crippen LogP contribution in [-0.4, -0.2) is 69.9 Å². The fourth-order valence-electron chi connectivity index (χ4n) is 6.28. The molecule has 1 saturated carbocycles. The van der Waals surface area contributed by atoms with Crippen LogP contribution in [0.2, 0.25) is 0 Å². The van der Waals surface area contributed by atoms with E-state index >= 15 is 0 Å². The zero-order valence-electron chi connectivity index (χ0n) is 22.1. The van der Waals surface area contributed by atoms with Crippen molar-refractivity contribution in [2.24, 2.45) is 0 Å². The van der Waals surface area contributed by atoms with Gasteiger partial charge >= 0.3 is 6.03 Å². The summed E-state index contributed by atoms with van der Waals surface area (Å²) in [4.78, 5) is 37.2. The van der Waals surface area contributed by atoms with E-state index in [1.54, 1.807) is 0 Å². The van der Waals surface area contributed by atoms with Crippen molar-refractivity contribution in [2.45, 2.75) is 83.0 Å². The lowest BCUT2D eigenvalue weighted by Crippen LogP contribution is -2.48. The smallest absolute Gasteiger partial charge is 0.321 e. The van der Waals surface area contributed by atoms with Gasteiger partial charge in [0.2, 0.25) is 0 Å². The number of nitrogens with zero attached hydrogens (tertiary/aromatic N) is 4. The summed E-state index contributed by atoms with van der Waals surface area (Å²) in [5.41, 5.74) is 2.84. The molecule has 2 saturated heterocycles. The Balaban J connectivity index is 1.21. The Kier molecular flexibility index (Phi) is 8.39. The molecule has 7 heteroatoms. The molecule has 3 heterocycles. The van der Waals surface area contributed by atoms with Crippen LogP contribution in [-0.2, 0) is 6.54 Å². The molecule has 0 radical (unpaired) electrons. The first-order valence-electron chi connectivity index (χ1n) is 14.2. The molecule has 0 bridgehead atoms. The monoisotopic (exact) mass is 503 g/mol. The molecular weight excluding hydrogens is 462 g/mol. The van der Waals surface area contributed by atoms with E-state index in [2.05, 4.69) is 55.3 Å². The molecule has 1 atom stereocenters. The summed E-state index contributed by atoms with van der Waals surface area (Å²) in [5.74, 6) is -0.111. The number of pyridine rings is 1. The van der Waals surface area contributed by atoms with Gasteiger partial charge in [-0.25, -0.2) is 4.79 Å². The minimum atomic E-state index is -0.111. The van der Waals surface area contributed by atoms with Gasteiger partial charge in [0.15, 0.2) is 0 Å². The van der Waals surface area contributed by atoms with E-state index < -0.39 is 0 Å². The number of benzene rings is 1. The van der Waals surface area contributed by atoms with E-state index in [0.717, 1.165) is 63.8 Å². The minimum Gasteiger partial charge on any atom is -0.351 e. The lowest BCUT2D eigenvalue weighted by Gasteiger charge is -2.39. The average molecular weight is 504 g/mol. The van der Waals surface area contributed by atoms with Crippen molar-refractivity contribution in [1.82, 2.24) is 25.0 Å². The summed E-state index contributed by atoms with van der Waals surface area (Å²) in [7, 11) is 0. The summed E-state index contributed by atoms with van der Waals surface area (Å²) < 4.78 is 0. The van der Waals surface area contributed by atoms with E-state index in [1.807, 2.05) is 25.3 Å². The van der Waals surface area contributed by atoms with Crippen LogP contribution in [0.1, 0.15) is 85.9 Å². The molecule has 0 unspecified atom stereocenters. The number of carbonyl (C=O) groups is 2. The highest BCUT2D eigenvalue weighted by Crippen LogP contribution is 2.38. The first-order valence-corrected chi connectivity index (χ1v) is 14.2. The highest BCUT2D eigenvalue weighted by molar-refractivity contribution is 5.92. The molecule has 1 aliphatic carbocycles. The molecular formula is C30H41N5O2. The number of piperidine rings is 1. The van der Waals surface area contributed by atoms with Gasteiger partial charge in [-0.3, -0.25) is 14.7 Å². The van der Waals surface area contributed by atoms with Gasteiger partial charge in [0.05, 0.1) is 6.04 Å². The molecule has 198 valence electrons. The van der Waals surface area contributed by atoms with E-state index in [1.165, 1.54) is 24.8 Å². The Morgan fingerprint density at radius 2 is 1.73 bits per heavy atom. The Hall–Kier alpha value is -2.93. The molecule has 1 aromatic heterocycles. The molecule has 5 rings (SSSR count). The zero-order valence-corrected chi connectivity index (χ0v) is 22.1. The van der Waals surface area contributed by atoms with E-state index in [0.29, 0.717) is 18.3 Å². The van der Waals surface area contributed by atoms with Gasteiger partial charge in [0, 0.05) is 51.0 Å². The number of carbonyl (C=O) groups excluding carboxylic acids is 2. The quantitative estimate of drug-likeness (QED) is 0.551. The highest BCUT2D eigenvalue weighted by Gasteiger charge is 2.45.